The van der Waals surface area contributed by atoms with Crippen LogP contribution in [0.1, 0.15) is 37.8 Å². The molecule has 1 unspecified atom stereocenters. The zero-order valence-corrected chi connectivity index (χ0v) is 19.0. The predicted molar refractivity (Wildman–Crippen MR) is 119 cm³/mol. The van der Waals surface area contributed by atoms with Crippen LogP contribution in [0, 0.1) is 5.92 Å². The number of piperidine rings is 1. The molecule has 2 N–H and O–H groups in total. The molecule has 8 heteroatoms. The predicted octanol–water partition coefficient (Wildman–Crippen LogP) is 4.15. The lowest BCUT2D eigenvalue weighted by Gasteiger charge is -2.31. The summed E-state index contributed by atoms with van der Waals surface area (Å²) in [5.41, 5.74) is 0.264. The average Bonchev–Trinajstić information content (AvgIpc) is 2.66. The largest absolute Gasteiger partial charge is 0.416 e. The van der Waals surface area contributed by atoms with Gasteiger partial charge in [-0.05, 0) is 62.9 Å². The number of hydrogen-bond acceptors (Lipinski definition) is 2. The monoisotopic (exact) mass is 512 g/mol. The maximum absolute atomic E-state index is 12.6. The van der Waals surface area contributed by atoms with Gasteiger partial charge in [0.05, 0.1) is 5.56 Å². The number of alkyl halides is 3. The number of likely N-dealkylation sites (tertiary alicyclic amines) is 1. The molecule has 160 valence electrons. The second-order valence-corrected chi connectivity index (χ2v) is 6.99. The Morgan fingerprint density at radius 1 is 1.18 bits per heavy atom. The first-order valence-corrected chi connectivity index (χ1v) is 9.83. The number of nitrogens with zero attached hydrogens (tertiary/aromatic N) is 2. The minimum atomic E-state index is -4.28. The van der Waals surface area contributed by atoms with Crippen LogP contribution in [0.15, 0.2) is 29.3 Å². The van der Waals surface area contributed by atoms with Crippen LogP contribution in [-0.4, -0.2) is 50.1 Å². The number of hydrogen-bond donors (Lipinski definition) is 2. The fourth-order valence-corrected chi connectivity index (χ4v) is 3.34. The van der Waals surface area contributed by atoms with Crippen molar-refractivity contribution in [3.8, 4) is 0 Å². The number of halogens is 4. The number of rotatable bonds is 7. The first kappa shape index (κ1) is 25.0. The Bertz CT molecular complexity index is 590. The van der Waals surface area contributed by atoms with Crippen molar-refractivity contribution >= 4 is 29.9 Å². The van der Waals surface area contributed by atoms with Gasteiger partial charge in [-0.1, -0.05) is 19.1 Å². The summed E-state index contributed by atoms with van der Waals surface area (Å²) in [6, 6.07) is 5.35. The molecule has 1 aliphatic rings. The minimum absolute atomic E-state index is 0. The van der Waals surface area contributed by atoms with E-state index in [0.29, 0.717) is 18.9 Å². The van der Waals surface area contributed by atoms with E-state index in [-0.39, 0.29) is 24.0 Å². The summed E-state index contributed by atoms with van der Waals surface area (Å²) < 4.78 is 37.8. The van der Waals surface area contributed by atoms with Gasteiger partial charge in [0.2, 0.25) is 0 Å². The van der Waals surface area contributed by atoms with Crippen molar-refractivity contribution < 1.29 is 13.2 Å². The van der Waals surface area contributed by atoms with Crippen LogP contribution in [0.25, 0.3) is 0 Å². The molecule has 0 aliphatic carbocycles. The second-order valence-electron chi connectivity index (χ2n) is 6.99. The lowest BCUT2D eigenvalue weighted by atomic mass is 9.98. The summed E-state index contributed by atoms with van der Waals surface area (Å²) in [6.07, 6.45) is -1.19. The van der Waals surface area contributed by atoms with Gasteiger partial charge in [0.25, 0.3) is 0 Å². The molecule has 0 aromatic heterocycles. The molecule has 2 rings (SSSR count). The Kier molecular flexibility index (Phi) is 11.2. The standard InChI is InChI=1S/C20H31F3N4.HI/c1-3-24-19(26-14-17-6-5-13-27(4-2)15-17)25-12-11-16-7-9-18(10-8-16)20(21,22)23;/h7-10,17H,3-6,11-15H2,1-2H3,(H2,24,25,26);1H. The van der Waals surface area contributed by atoms with E-state index in [9.17, 15) is 13.2 Å². The summed E-state index contributed by atoms with van der Waals surface area (Å²) in [6.45, 7) is 9.79. The lowest BCUT2D eigenvalue weighted by molar-refractivity contribution is -0.137. The molecular formula is C20H32F3IN4. The van der Waals surface area contributed by atoms with Gasteiger partial charge < -0.3 is 15.5 Å². The van der Waals surface area contributed by atoms with Gasteiger partial charge in [0, 0.05) is 26.2 Å². The van der Waals surface area contributed by atoms with Crippen molar-refractivity contribution in [3.05, 3.63) is 35.4 Å². The maximum Gasteiger partial charge on any atom is 0.416 e. The van der Waals surface area contributed by atoms with E-state index in [1.54, 1.807) is 0 Å². The van der Waals surface area contributed by atoms with Crippen molar-refractivity contribution in [2.24, 2.45) is 10.9 Å². The van der Waals surface area contributed by atoms with E-state index in [4.69, 9.17) is 4.99 Å². The highest BCUT2D eigenvalue weighted by Crippen LogP contribution is 2.29. The number of guanidine groups is 1. The van der Waals surface area contributed by atoms with E-state index in [2.05, 4.69) is 22.5 Å². The third-order valence-corrected chi connectivity index (χ3v) is 4.89. The van der Waals surface area contributed by atoms with E-state index in [1.807, 2.05) is 6.92 Å². The molecule has 1 atom stereocenters. The summed E-state index contributed by atoms with van der Waals surface area (Å²) in [5, 5.41) is 6.52. The molecule has 1 saturated heterocycles. The normalized spacial score (nSPS) is 18.5. The first-order chi connectivity index (χ1) is 12.9. The number of benzene rings is 1. The van der Waals surface area contributed by atoms with Crippen LogP contribution in [0.2, 0.25) is 0 Å². The van der Waals surface area contributed by atoms with Crippen molar-refractivity contribution in [2.45, 2.75) is 39.3 Å². The Balaban J connectivity index is 0.00000392. The molecule has 28 heavy (non-hydrogen) atoms. The Morgan fingerprint density at radius 3 is 2.50 bits per heavy atom. The fourth-order valence-electron chi connectivity index (χ4n) is 3.34. The molecule has 0 bridgehead atoms. The Hall–Kier alpha value is -1.03. The zero-order chi connectivity index (χ0) is 19.7. The van der Waals surface area contributed by atoms with E-state index in [1.165, 1.54) is 31.5 Å². The zero-order valence-electron chi connectivity index (χ0n) is 16.7. The Labute approximate surface area is 183 Å². The van der Waals surface area contributed by atoms with Gasteiger partial charge in [-0.25, -0.2) is 0 Å². The van der Waals surface area contributed by atoms with Gasteiger partial charge in [-0.15, -0.1) is 24.0 Å². The highest BCUT2D eigenvalue weighted by atomic mass is 127. The van der Waals surface area contributed by atoms with Crippen LogP contribution in [0.3, 0.4) is 0 Å². The molecule has 0 radical (unpaired) electrons. The summed E-state index contributed by atoms with van der Waals surface area (Å²) >= 11 is 0. The minimum Gasteiger partial charge on any atom is -0.357 e. The average molecular weight is 512 g/mol. The van der Waals surface area contributed by atoms with Crippen LogP contribution in [0.5, 0.6) is 0 Å². The highest BCUT2D eigenvalue weighted by molar-refractivity contribution is 14.0. The molecule has 1 aliphatic heterocycles. The maximum atomic E-state index is 12.6. The van der Waals surface area contributed by atoms with Crippen molar-refractivity contribution in [3.63, 3.8) is 0 Å². The van der Waals surface area contributed by atoms with Crippen LogP contribution < -0.4 is 10.6 Å². The second kappa shape index (κ2) is 12.5. The molecule has 4 nitrogen and oxygen atoms in total. The Morgan fingerprint density at radius 2 is 1.89 bits per heavy atom. The third kappa shape index (κ3) is 8.55. The lowest BCUT2D eigenvalue weighted by Crippen LogP contribution is -2.40. The van der Waals surface area contributed by atoms with Gasteiger partial charge >= 0.3 is 6.18 Å². The number of nitrogens with one attached hydrogen (secondary N) is 2. The number of aliphatic imine (C=N–C) groups is 1. The SMILES string of the molecule is CCNC(=NCC1CCCN(CC)C1)NCCc1ccc(C(F)(F)F)cc1.I. The van der Waals surface area contributed by atoms with E-state index >= 15 is 0 Å². The fraction of sp³-hybridized carbons (Fsp3) is 0.650. The molecule has 1 heterocycles. The molecule has 0 amide bonds. The molecule has 1 aromatic rings. The van der Waals surface area contributed by atoms with E-state index < -0.39 is 11.7 Å². The molecule has 1 aromatic carbocycles. The molecular weight excluding hydrogens is 480 g/mol. The summed E-state index contributed by atoms with van der Waals surface area (Å²) in [5.74, 6) is 1.36. The van der Waals surface area contributed by atoms with Crippen LogP contribution in [-0.2, 0) is 12.6 Å². The first-order valence-electron chi connectivity index (χ1n) is 9.83. The van der Waals surface area contributed by atoms with Crippen molar-refractivity contribution in [1.29, 1.82) is 0 Å². The van der Waals surface area contributed by atoms with Gasteiger partial charge in [0.15, 0.2) is 5.96 Å². The summed E-state index contributed by atoms with van der Waals surface area (Å²) in [7, 11) is 0. The third-order valence-electron chi connectivity index (χ3n) is 4.89. The van der Waals surface area contributed by atoms with E-state index in [0.717, 1.165) is 49.8 Å². The van der Waals surface area contributed by atoms with Crippen LogP contribution >= 0.6 is 24.0 Å². The topological polar surface area (TPSA) is 39.7 Å². The van der Waals surface area contributed by atoms with Crippen LogP contribution in [0.4, 0.5) is 13.2 Å². The summed E-state index contributed by atoms with van der Waals surface area (Å²) in [4.78, 5) is 7.17. The molecule has 0 spiro atoms. The highest BCUT2D eigenvalue weighted by Gasteiger charge is 2.29. The van der Waals surface area contributed by atoms with Crippen molar-refractivity contribution in [2.75, 3.05) is 39.3 Å². The van der Waals surface area contributed by atoms with Gasteiger partial charge in [-0.3, -0.25) is 4.99 Å². The van der Waals surface area contributed by atoms with Crippen molar-refractivity contribution in [1.82, 2.24) is 15.5 Å². The smallest absolute Gasteiger partial charge is 0.357 e. The molecule has 0 saturated carbocycles. The quantitative estimate of drug-likeness (QED) is 0.328. The van der Waals surface area contributed by atoms with Gasteiger partial charge in [-0.2, -0.15) is 13.2 Å². The molecule has 1 fully saturated rings. The van der Waals surface area contributed by atoms with Gasteiger partial charge in [0.1, 0.15) is 0 Å².